The minimum atomic E-state index is -3.35. The zero-order valence-electron chi connectivity index (χ0n) is 14.8. The Balaban J connectivity index is 0.00000261. The SMILES string of the molecule is CC(C)S(=O)(=O)N[C@H]1COCC[C@@H]1c1ccc(-c2ccc(C#N)s2)cc1.[HH]. The summed E-state index contributed by atoms with van der Waals surface area (Å²) in [6.07, 6.45) is 0.780. The highest BCUT2D eigenvalue weighted by Gasteiger charge is 2.31. The molecular weight excluding hydrogens is 368 g/mol. The quantitative estimate of drug-likeness (QED) is 0.841. The Morgan fingerprint density at radius 3 is 2.62 bits per heavy atom. The van der Waals surface area contributed by atoms with Gasteiger partial charge >= 0.3 is 0 Å². The van der Waals surface area contributed by atoms with E-state index in [4.69, 9.17) is 10.00 Å². The van der Waals surface area contributed by atoms with Crippen molar-refractivity contribution in [3.05, 3.63) is 46.8 Å². The van der Waals surface area contributed by atoms with Gasteiger partial charge in [-0.3, -0.25) is 0 Å². The first kappa shape index (κ1) is 19.1. The van der Waals surface area contributed by atoms with E-state index in [9.17, 15) is 8.42 Å². The minimum Gasteiger partial charge on any atom is -0.380 e. The lowest BCUT2D eigenvalue weighted by atomic mass is 9.87. The van der Waals surface area contributed by atoms with E-state index in [1.165, 1.54) is 11.3 Å². The lowest BCUT2D eigenvalue weighted by Gasteiger charge is -2.33. The summed E-state index contributed by atoms with van der Waals surface area (Å²) in [5.74, 6) is 0.0873. The maximum Gasteiger partial charge on any atom is 0.214 e. The van der Waals surface area contributed by atoms with Gasteiger partial charge in [-0.25, -0.2) is 13.1 Å². The van der Waals surface area contributed by atoms with Crippen molar-refractivity contribution in [2.24, 2.45) is 0 Å². The van der Waals surface area contributed by atoms with Crippen molar-refractivity contribution in [1.82, 2.24) is 4.72 Å². The predicted molar refractivity (Wildman–Crippen MR) is 106 cm³/mol. The van der Waals surface area contributed by atoms with Crippen LogP contribution in [0.4, 0.5) is 0 Å². The molecule has 140 valence electrons. The molecule has 7 heteroatoms. The van der Waals surface area contributed by atoms with E-state index in [1.54, 1.807) is 13.8 Å². The van der Waals surface area contributed by atoms with E-state index < -0.39 is 15.3 Å². The fourth-order valence-corrected chi connectivity index (χ4v) is 4.78. The Morgan fingerprint density at radius 2 is 2.00 bits per heavy atom. The molecule has 0 radical (unpaired) electrons. The van der Waals surface area contributed by atoms with E-state index in [1.807, 2.05) is 36.4 Å². The zero-order valence-corrected chi connectivity index (χ0v) is 16.4. The Hall–Kier alpha value is -1.72. The summed E-state index contributed by atoms with van der Waals surface area (Å²) in [4.78, 5) is 1.74. The summed E-state index contributed by atoms with van der Waals surface area (Å²) in [5.41, 5.74) is 2.16. The van der Waals surface area contributed by atoms with Crippen LogP contribution in [0.1, 0.15) is 38.1 Å². The Bertz CT molecular complexity index is 902. The fourth-order valence-electron chi connectivity index (χ4n) is 3.05. The summed E-state index contributed by atoms with van der Waals surface area (Å²) < 4.78 is 32.8. The molecule has 2 atom stereocenters. The van der Waals surface area contributed by atoms with Crippen molar-refractivity contribution < 1.29 is 14.6 Å². The number of hydrogen-bond donors (Lipinski definition) is 1. The molecule has 2 heterocycles. The normalized spacial score (nSPS) is 20.8. The highest BCUT2D eigenvalue weighted by atomic mass is 32.2. The van der Waals surface area contributed by atoms with E-state index in [2.05, 4.69) is 10.8 Å². The van der Waals surface area contributed by atoms with Gasteiger partial charge in [-0.1, -0.05) is 24.3 Å². The van der Waals surface area contributed by atoms with Crippen LogP contribution in [0.3, 0.4) is 0 Å². The highest BCUT2D eigenvalue weighted by Crippen LogP contribution is 2.32. The number of ether oxygens (including phenoxy) is 1. The molecule has 0 aliphatic carbocycles. The molecule has 1 aromatic carbocycles. The van der Waals surface area contributed by atoms with Crippen molar-refractivity contribution >= 4 is 21.4 Å². The van der Waals surface area contributed by atoms with Crippen LogP contribution in [0.25, 0.3) is 10.4 Å². The highest BCUT2D eigenvalue weighted by molar-refractivity contribution is 7.90. The molecule has 0 saturated carbocycles. The zero-order chi connectivity index (χ0) is 18.7. The average molecular weight is 393 g/mol. The molecule has 1 fully saturated rings. The molecule has 1 aliphatic heterocycles. The smallest absolute Gasteiger partial charge is 0.214 e. The molecule has 26 heavy (non-hydrogen) atoms. The lowest BCUT2D eigenvalue weighted by Crippen LogP contribution is -2.47. The third kappa shape index (κ3) is 4.15. The van der Waals surface area contributed by atoms with E-state index in [0.29, 0.717) is 18.1 Å². The topological polar surface area (TPSA) is 79.2 Å². The van der Waals surface area contributed by atoms with Crippen molar-refractivity contribution in [1.29, 1.82) is 5.26 Å². The molecular formula is C19H24N2O3S2. The van der Waals surface area contributed by atoms with Gasteiger partial charge in [0, 0.05) is 18.8 Å². The molecule has 0 spiro atoms. The van der Waals surface area contributed by atoms with Crippen LogP contribution in [0, 0.1) is 11.3 Å². The van der Waals surface area contributed by atoms with Crippen LogP contribution < -0.4 is 4.72 Å². The molecule has 0 unspecified atom stereocenters. The second-order valence-electron chi connectivity index (χ2n) is 6.69. The molecule has 0 bridgehead atoms. The van der Waals surface area contributed by atoms with Gasteiger partial charge in [-0.05, 0) is 43.5 Å². The summed E-state index contributed by atoms with van der Waals surface area (Å²) in [6.45, 7) is 4.36. The van der Waals surface area contributed by atoms with Gasteiger partial charge in [-0.15, -0.1) is 11.3 Å². The number of thiophene rings is 1. The predicted octanol–water partition coefficient (Wildman–Crippen LogP) is 3.73. The first-order chi connectivity index (χ1) is 12.4. The fraction of sp³-hybridized carbons (Fsp3) is 0.421. The second-order valence-corrected chi connectivity index (χ2v) is 10.0. The maximum absolute atomic E-state index is 12.3. The Morgan fingerprint density at radius 1 is 1.27 bits per heavy atom. The van der Waals surface area contributed by atoms with Gasteiger partial charge in [0.25, 0.3) is 0 Å². The van der Waals surface area contributed by atoms with E-state index in [0.717, 1.165) is 22.4 Å². The molecule has 2 aromatic rings. The lowest BCUT2D eigenvalue weighted by molar-refractivity contribution is 0.0644. The maximum atomic E-state index is 12.3. The molecule has 1 N–H and O–H groups in total. The van der Waals surface area contributed by atoms with Gasteiger partial charge < -0.3 is 4.74 Å². The van der Waals surface area contributed by atoms with Gasteiger partial charge in [0.05, 0.1) is 17.9 Å². The first-order valence-corrected chi connectivity index (χ1v) is 11.0. The van der Waals surface area contributed by atoms with Gasteiger partial charge in [-0.2, -0.15) is 5.26 Å². The molecule has 1 aliphatic rings. The summed E-state index contributed by atoms with van der Waals surface area (Å²) >= 11 is 1.47. The number of hydrogen-bond acceptors (Lipinski definition) is 5. The van der Waals surface area contributed by atoms with Crippen LogP contribution in [0.15, 0.2) is 36.4 Å². The second kappa shape index (κ2) is 7.89. The van der Waals surface area contributed by atoms with Crippen LogP contribution in [-0.2, 0) is 14.8 Å². The molecule has 5 nitrogen and oxygen atoms in total. The van der Waals surface area contributed by atoms with Crippen LogP contribution in [0.2, 0.25) is 0 Å². The Labute approximate surface area is 160 Å². The molecule has 0 amide bonds. The Kier molecular flexibility index (Phi) is 5.78. The monoisotopic (exact) mass is 392 g/mol. The van der Waals surface area contributed by atoms with Crippen LogP contribution in [-0.4, -0.2) is 32.9 Å². The van der Waals surface area contributed by atoms with Gasteiger partial charge in [0.1, 0.15) is 10.9 Å². The van der Waals surface area contributed by atoms with E-state index >= 15 is 0 Å². The molecule has 1 aromatic heterocycles. The van der Waals surface area contributed by atoms with E-state index in [-0.39, 0.29) is 13.4 Å². The largest absolute Gasteiger partial charge is 0.380 e. The van der Waals surface area contributed by atoms with Gasteiger partial charge in [0.2, 0.25) is 10.0 Å². The third-order valence-electron chi connectivity index (χ3n) is 4.63. The summed E-state index contributed by atoms with van der Waals surface area (Å²) in [7, 11) is -3.35. The molecule has 3 rings (SSSR count). The van der Waals surface area contributed by atoms with Gasteiger partial charge in [0.15, 0.2) is 0 Å². The van der Waals surface area contributed by atoms with Crippen molar-refractivity contribution in [3.63, 3.8) is 0 Å². The number of benzene rings is 1. The number of nitriles is 1. The minimum absolute atomic E-state index is 0. The van der Waals surface area contributed by atoms with Crippen LogP contribution in [0.5, 0.6) is 0 Å². The number of nitrogens with zero attached hydrogens (tertiary/aromatic N) is 1. The number of sulfonamides is 1. The summed E-state index contributed by atoms with van der Waals surface area (Å²) in [5, 5.41) is 8.49. The average Bonchev–Trinajstić information content (AvgIpc) is 3.11. The third-order valence-corrected chi connectivity index (χ3v) is 7.54. The number of rotatable bonds is 5. The first-order valence-electron chi connectivity index (χ1n) is 8.60. The van der Waals surface area contributed by atoms with Crippen molar-refractivity contribution in [2.45, 2.75) is 37.5 Å². The molecule has 1 saturated heterocycles. The number of nitrogens with one attached hydrogen (secondary N) is 1. The van der Waals surface area contributed by atoms with Crippen molar-refractivity contribution in [3.8, 4) is 16.5 Å². The summed E-state index contributed by atoms with van der Waals surface area (Å²) in [6, 6.07) is 13.8. The van der Waals surface area contributed by atoms with Crippen LogP contribution >= 0.6 is 11.3 Å². The van der Waals surface area contributed by atoms with Crippen molar-refractivity contribution in [2.75, 3.05) is 13.2 Å². The standard InChI is InChI=1S/C19H22N2O3S2.H2/c1-13(2)26(22,23)21-18-12-24-10-9-17(18)14-3-5-15(6-4-14)19-8-7-16(11-20)25-19;/h3-8,13,17-18,21H,9-10,12H2,1-2H3;1H/t17-,18+;/m1./s1.